The van der Waals surface area contributed by atoms with E-state index in [1.54, 1.807) is 0 Å². The molecule has 0 spiro atoms. The van der Waals surface area contributed by atoms with Crippen molar-refractivity contribution in [2.75, 3.05) is 0 Å². The van der Waals surface area contributed by atoms with Crippen LogP contribution in [0.3, 0.4) is 0 Å². The van der Waals surface area contributed by atoms with Crippen LogP contribution < -0.4 is 0 Å². The highest BCUT2D eigenvalue weighted by atomic mass is 19.3. The van der Waals surface area contributed by atoms with Crippen molar-refractivity contribution >= 4 is 5.97 Å². The second kappa shape index (κ2) is 5.21. The zero-order chi connectivity index (χ0) is 7.98. The molecule has 0 N–H and O–H groups in total. The first-order chi connectivity index (χ1) is 4.66. The van der Waals surface area contributed by atoms with E-state index >= 15 is 0 Å². The number of carbonyl (C=O) groups excluding carboxylic acids is 1. The highest BCUT2D eigenvalue weighted by Crippen LogP contribution is 2.06. The molecule has 0 unspecified atom stereocenters. The summed E-state index contributed by atoms with van der Waals surface area (Å²) >= 11 is 0. The van der Waals surface area contributed by atoms with Crippen molar-refractivity contribution in [2.24, 2.45) is 5.92 Å². The van der Waals surface area contributed by atoms with Crippen LogP contribution in [0.5, 0.6) is 0 Å². The molecule has 60 valence electrons. The average Bonchev–Trinajstić information content (AvgIpc) is 1.87. The Morgan fingerprint density at radius 3 is 2.60 bits per heavy atom. The third-order valence-electron chi connectivity index (χ3n) is 1.25. The topological polar surface area (TPSA) is 26.3 Å². The summed E-state index contributed by atoms with van der Waals surface area (Å²) in [6.45, 7) is 4.11. The van der Waals surface area contributed by atoms with Gasteiger partial charge in [-0.2, -0.15) is 0 Å². The second-order valence-corrected chi connectivity index (χ2v) is 2.74. The number of rotatable bonds is 4. The minimum atomic E-state index is -0.763. The van der Waals surface area contributed by atoms with Gasteiger partial charge in [-0.3, -0.25) is 4.94 Å². The summed E-state index contributed by atoms with van der Waals surface area (Å²) in [7, 11) is 0. The maximum Gasteiger partial charge on any atom is 0.348 e. The maximum absolute atomic E-state index is 11.1. The fourth-order valence-electron chi connectivity index (χ4n) is 0.693. The Hall–Kier alpha value is -0.600. The van der Waals surface area contributed by atoms with Gasteiger partial charge in [-0.1, -0.05) is 20.3 Å². The fourth-order valence-corrected chi connectivity index (χ4v) is 0.693. The Morgan fingerprint density at radius 2 is 2.20 bits per heavy atom. The predicted octanol–water partition coefficient (Wildman–Crippen LogP) is 2.24. The van der Waals surface area contributed by atoms with Gasteiger partial charge in [0.2, 0.25) is 0 Å². The highest BCUT2D eigenvalue weighted by molar-refractivity contribution is 5.68. The van der Waals surface area contributed by atoms with Crippen molar-refractivity contribution in [1.82, 2.24) is 0 Å². The van der Waals surface area contributed by atoms with Crippen LogP contribution in [0.1, 0.15) is 33.1 Å². The standard InChI is InChI=1S/C7H13FO2/c1-6(2)4-3-5-7(9)10-8/h6H,3-5H2,1-2H3. The van der Waals surface area contributed by atoms with Gasteiger partial charge < -0.3 is 0 Å². The smallest absolute Gasteiger partial charge is 0.255 e. The van der Waals surface area contributed by atoms with E-state index in [9.17, 15) is 9.32 Å². The SMILES string of the molecule is CC(C)CCCC(=O)OF. The molecule has 10 heavy (non-hydrogen) atoms. The minimum absolute atomic E-state index is 0.189. The molecule has 0 aliphatic carbocycles. The van der Waals surface area contributed by atoms with Crippen LogP contribution in [-0.4, -0.2) is 5.97 Å². The zero-order valence-electron chi connectivity index (χ0n) is 6.39. The molecular weight excluding hydrogens is 135 g/mol. The summed E-state index contributed by atoms with van der Waals surface area (Å²) in [4.78, 5) is 13.2. The molecular formula is C7H13FO2. The first-order valence-electron chi connectivity index (χ1n) is 3.48. The van der Waals surface area contributed by atoms with Gasteiger partial charge in [0, 0.05) is 10.9 Å². The molecule has 2 nitrogen and oxygen atoms in total. The lowest BCUT2D eigenvalue weighted by molar-refractivity contribution is -0.183. The number of carbonyl (C=O) groups is 1. The lowest BCUT2D eigenvalue weighted by Crippen LogP contribution is -1.98. The zero-order valence-corrected chi connectivity index (χ0v) is 6.39. The van der Waals surface area contributed by atoms with Gasteiger partial charge in [0.05, 0.1) is 0 Å². The normalized spacial score (nSPS) is 10.0. The molecule has 0 aromatic rings. The van der Waals surface area contributed by atoms with E-state index in [-0.39, 0.29) is 6.42 Å². The van der Waals surface area contributed by atoms with Crippen LogP contribution in [0.4, 0.5) is 4.53 Å². The molecule has 0 fully saturated rings. The summed E-state index contributed by atoms with van der Waals surface area (Å²) in [6.07, 6.45) is 1.84. The molecule has 0 aromatic carbocycles. The van der Waals surface area contributed by atoms with E-state index in [2.05, 4.69) is 18.8 Å². The van der Waals surface area contributed by atoms with E-state index in [0.717, 1.165) is 6.42 Å². The monoisotopic (exact) mass is 148 g/mol. The Kier molecular flexibility index (Phi) is 4.89. The third kappa shape index (κ3) is 5.54. The van der Waals surface area contributed by atoms with Gasteiger partial charge in [0.15, 0.2) is 0 Å². The van der Waals surface area contributed by atoms with E-state index < -0.39 is 5.97 Å². The lowest BCUT2D eigenvalue weighted by atomic mass is 10.1. The quantitative estimate of drug-likeness (QED) is 0.611. The van der Waals surface area contributed by atoms with Crippen molar-refractivity contribution in [3.63, 3.8) is 0 Å². The Morgan fingerprint density at radius 1 is 1.60 bits per heavy atom. The van der Waals surface area contributed by atoms with Gasteiger partial charge in [0.25, 0.3) is 0 Å². The van der Waals surface area contributed by atoms with Crippen LogP contribution in [0.15, 0.2) is 0 Å². The van der Waals surface area contributed by atoms with E-state index in [4.69, 9.17) is 0 Å². The van der Waals surface area contributed by atoms with Crippen molar-refractivity contribution in [3.05, 3.63) is 0 Å². The Bertz CT molecular complexity index is 102. The molecule has 0 heterocycles. The highest BCUT2D eigenvalue weighted by Gasteiger charge is 2.02. The number of hydrogen-bond acceptors (Lipinski definition) is 2. The molecule has 0 radical (unpaired) electrons. The Labute approximate surface area is 60.3 Å². The summed E-state index contributed by atoms with van der Waals surface area (Å²) < 4.78 is 11.1. The van der Waals surface area contributed by atoms with E-state index in [1.807, 2.05) is 0 Å². The lowest BCUT2D eigenvalue weighted by Gasteiger charge is -2.00. The minimum Gasteiger partial charge on any atom is -0.255 e. The van der Waals surface area contributed by atoms with Crippen molar-refractivity contribution in [3.8, 4) is 0 Å². The molecule has 0 saturated carbocycles. The van der Waals surface area contributed by atoms with Crippen LogP contribution in [0.2, 0.25) is 0 Å². The third-order valence-corrected chi connectivity index (χ3v) is 1.25. The second-order valence-electron chi connectivity index (χ2n) is 2.74. The summed E-state index contributed by atoms with van der Waals surface area (Å²) in [5.41, 5.74) is 0. The van der Waals surface area contributed by atoms with Gasteiger partial charge in [-0.25, -0.2) is 4.79 Å². The number of hydrogen-bond donors (Lipinski definition) is 0. The van der Waals surface area contributed by atoms with Crippen LogP contribution in [0, 0.1) is 5.92 Å². The molecule has 0 bridgehead atoms. The number of halogens is 1. The maximum atomic E-state index is 11.1. The molecule has 0 rings (SSSR count). The van der Waals surface area contributed by atoms with Crippen molar-refractivity contribution in [1.29, 1.82) is 0 Å². The average molecular weight is 148 g/mol. The first-order valence-corrected chi connectivity index (χ1v) is 3.48. The van der Waals surface area contributed by atoms with E-state index in [0.29, 0.717) is 12.3 Å². The predicted molar refractivity (Wildman–Crippen MR) is 35.9 cm³/mol. The largest absolute Gasteiger partial charge is 0.348 e. The molecule has 0 aliphatic heterocycles. The summed E-state index contributed by atoms with van der Waals surface area (Å²) in [5.74, 6) is -0.201. The van der Waals surface area contributed by atoms with Gasteiger partial charge in [0.1, 0.15) is 0 Å². The molecule has 0 amide bonds. The van der Waals surface area contributed by atoms with E-state index in [1.165, 1.54) is 0 Å². The molecule has 0 atom stereocenters. The first kappa shape index (κ1) is 9.40. The van der Waals surface area contributed by atoms with Crippen LogP contribution >= 0.6 is 0 Å². The van der Waals surface area contributed by atoms with Crippen LogP contribution in [0.25, 0.3) is 0 Å². The van der Waals surface area contributed by atoms with Crippen molar-refractivity contribution < 1.29 is 14.3 Å². The fraction of sp³-hybridized carbons (Fsp3) is 0.857. The summed E-state index contributed by atoms with van der Waals surface area (Å²) in [6, 6.07) is 0. The van der Waals surface area contributed by atoms with Gasteiger partial charge in [-0.05, 0) is 12.3 Å². The summed E-state index contributed by atoms with van der Waals surface area (Å²) in [5, 5.41) is 0. The molecule has 0 aromatic heterocycles. The molecule has 0 saturated heterocycles. The van der Waals surface area contributed by atoms with Gasteiger partial charge >= 0.3 is 5.97 Å². The van der Waals surface area contributed by atoms with Crippen molar-refractivity contribution in [2.45, 2.75) is 33.1 Å². The Balaban J connectivity index is 3.12. The molecule has 0 aliphatic rings. The van der Waals surface area contributed by atoms with Crippen LogP contribution in [-0.2, 0) is 9.74 Å². The molecule has 3 heteroatoms. The van der Waals surface area contributed by atoms with Gasteiger partial charge in [-0.15, -0.1) is 0 Å².